The van der Waals surface area contributed by atoms with Crippen molar-refractivity contribution in [2.75, 3.05) is 18.0 Å². The standard InChI is InChI=1S/C16H23NO/c1-12(2)10-16(18)14-7-6-13(3)15(11-14)17-8-4-5-9-17/h6-7,11-12H,4-5,8-10H2,1-3H3. The van der Waals surface area contributed by atoms with Crippen LogP contribution in [-0.2, 0) is 0 Å². The first-order valence-corrected chi connectivity index (χ1v) is 6.96. The Kier molecular flexibility index (Phi) is 4.05. The van der Waals surface area contributed by atoms with E-state index >= 15 is 0 Å². The molecule has 2 nitrogen and oxygen atoms in total. The van der Waals surface area contributed by atoms with E-state index in [-0.39, 0.29) is 5.78 Å². The normalized spacial score (nSPS) is 15.4. The number of nitrogens with zero attached hydrogens (tertiary/aromatic N) is 1. The molecule has 1 aliphatic rings. The molecule has 1 aromatic carbocycles. The van der Waals surface area contributed by atoms with Gasteiger partial charge in [-0.3, -0.25) is 4.79 Å². The van der Waals surface area contributed by atoms with Gasteiger partial charge in [-0.25, -0.2) is 0 Å². The maximum atomic E-state index is 12.1. The average molecular weight is 245 g/mol. The van der Waals surface area contributed by atoms with E-state index in [1.54, 1.807) is 0 Å². The molecule has 0 radical (unpaired) electrons. The van der Waals surface area contributed by atoms with E-state index in [1.807, 2.05) is 6.07 Å². The third-order valence-corrected chi connectivity index (χ3v) is 3.57. The maximum Gasteiger partial charge on any atom is 0.163 e. The molecule has 18 heavy (non-hydrogen) atoms. The number of hydrogen-bond acceptors (Lipinski definition) is 2. The van der Waals surface area contributed by atoms with Crippen molar-refractivity contribution in [3.05, 3.63) is 29.3 Å². The Morgan fingerprint density at radius 2 is 1.94 bits per heavy atom. The van der Waals surface area contributed by atoms with Crippen LogP contribution in [0.2, 0.25) is 0 Å². The molecular formula is C16H23NO. The third kappa shape index (κ3) is 2.92. The van der Waals surface area contributed by atoms with Crippen molar-refractivity contribution < 1.29 is 4.79 Å². The van der Waals surface area contributed by atoms with Gasteiger partial charge in [-0.15, -0.1) is 0 Å². The van der Waals surface area contributed by atoms with Gasteiger partial charge in [-0.05, 0) is 37.3 Å². The third-order valence-electron chi connectivity index (χ3n) is 3.57. The Balaban J connectivity index is 2.22. The summed E-state index contributed by atoms with van der Waals surface area (Å²) < 4.78 is 0. The first kappa shape index (κ1) is 13.1. The fourth-order valence-electron chi connectivity index (χ4n) is 2.57. The lowest BCUT2D eigenvalue weighted by atomic mass is 9.99. The van der Waals surface area contributed by atoms with Crippen LogP contribution in [0.15, 0.2) is 18.2 Å². The summed E-state index contributed by atoms with van der Waals surface area (Å²) in [5, 5.41) is 0. The van der Waals surface area contributed by atoms with Gasteiger partial charge >= 0.3 is 0 Å². The van der Waals surface area contributed by atoms with Crippen LogP contribution in [-0.4, -0.2) is 18.9 Å². The smallest absolute Gasteiger partial charge is 0.163 e. The second-order valence-corrected chi connectivity index (χ2v) is 5.72. The Hall–Kier alpha value is -1.31. The molecule has 0 unspecified atom stereocenters. The van der Waals surface area contributed by atoms with Crippen molar-refractivity contribution in [3.63, 3.8) is 0 Å². The minimum Gasteiger partial charge on any atom is -0.371 e. The van der Waals surface area contributed by atoms with E-state index in [1.165, 1.54) is 24.1 Å². The number of carbonyl (C=O) groups is 1. The second kappa shape index (κ2) is 5.55. The van der Waals surface area contributed by atoms with Crippen LogP contribution < -0.4 is 4.90 Å². The molecule has 2 rings (SSSR count). The van der Waals surface area contributed by atoms with Crippen LogP contribution in [0.25, 0.3) is 0 Å². The fraction of sp³-hybridized carbons (Fsp3) is 0.562. The van der Waals surface area contributed by atoms with E-state index in [2.05, 4.69) is 37.8 Å². The van der Waals surface area contributed by atoms with Gasteiger partial charge < -0.3 is 4.90 Å². The number of Topliss-reactive ketones (excluding diaryl/α,β-unsaturated/α-hetero) is 1. The topological polar surface area (TPSA) is 20.3 Å². The van der Waals surface area contributed by atoms with E-state index in [4.69, 9.17) is 0 Å². The molecule has 0 saturated carbocycles. The Labute approximate surface area is 110 Å². The van der Waals surface area contributed by atoms with Crippen LogP contribution in [0, 0.1) is 12.8 Å². The monoisotopic (exact) mass is 245 g/mol. The van der Waals surface area contributed by atoms with Gasteiger partial charge in [0.15, 0.2) is 5.78 Å². The SMILES string of the molecule is Cc1ccc(C(=O)CC(C)C)cc1N1CCCC1. The predicted molar refractivity (Wildman–Crippen MR) is 76.4 cm³/mol. The molecule has 0 aliphatic carbocycles. The lowest BCUT2D eigenvalue weighted by molar-refractivity contribution is 0.0968. The van der Waals surface area contributed by atoms with Crippen molar-refractivity contribution in [2.24, 2.45) is 5.92 Å². The zero-order valence-electron chi connectivity index (χ0n) is 11.7. The van der Waals surface area contributed by atoms with Crippen LogP contribution in [0.3, 0.4) is 0 Å². The highest BCUT2D eigenvalue weighted by Crippen LogP contribution is 2.26. The first-order valence-electron chi connectivity index (χ1n) is 6.96. The predicted octanol–water partition coefficient (Wildman–Crippen LogP) is 3.82. The number of hydrogen-bond donors (Lipinski definition) is 0. The van der Waals surface area contributed by atoms with Crippen molar-refractivity contribution in [3.8, 4) is 0 Å². The molecule has 1 aliphatic heterocycles. The van der Waals surface area contributed by atoms with Crippen LogP contribution in [0.1, 0.15) is 49.0 Å². The first-order chi connectivity index (χ1) is 8.58. The quantitative estimate of drug-likeness (QED) is 0.751. The molecule has 0 aromatic heterocycles. The number of ketones is 1. The molecule has 0 bridgehead atoms. The minimum atomic E-state index is 0.269. The fourth-order valence-corrected chi connectivity index (χ4v) is 2.57. The molecule has 98 valence electrons. The van der Waals surface area contributed by atoms with Crippen molar-refractivity contribution in [2.45, 2.75) is 40.0 Å². The summed E-state index contributed by atoms with van der Waals surface area (Å²) in [4.78, 5) is 14.5. The Morgan fingerprint density at radius 3 is 2.56 bits per heavy atom. The average Bonchev–Trinajstić information content (AvgIpc) is 2.82. The number of aryl methyl sites for hydroxylation is 1. The summed E-state index contributed by atoms with van der Waals surface area (Å²) in [7, 11) is 0. The molecule has 0 atom stereocenters. The lowest BCUT2D eigenvalue weighted by Gasteiger charge is -2.21. The van der Waals surface area contributed by atoms with Gasteiger partial charge in [0.05, 0.1) is 0 Å². The molecular weight excluding hydrogens is 222 g/mol. The summed E-state index contributed by atoms with van der Waals surface area (Å²) in [6.45, 7) is 8.57. The molecule has 1 heterocycles. The molecule has 0 amide bonds. The maximum absolute atomic E-state index is 12.1. The van der Waals surface area contributed by atoms with E-state index in [0.29, 0.717) is 12.3 Å². The molecule has 1 fully saturated rings. The molecule has 0 N–H and O–H groups in total. The minimum absolute atomic E-state index is 0.269. The summed E-state index contributed by atoms with van der Waals surface area (Å²) in [5.41, 5.74) is 3.40. The van der Waals surface area contributed by atoms with E-state index < -0.39 is 0 Å². The van der Waals surface area contributed by atoms with Crippen LogP contribution in [0.5, 0.6) is 0 Å². The van der Waals surface area contributed by atoms with E-state index in [0.717, 1.165) is 18.7 Å². The largest absolute Gasteiger partial charge is 0.371 e. The van der Waals surface area contributed by atoms with E-state index in [9.17, 15) is 4.79 Å². The van der Waals surface area contributed by atoms with Gasteiger partial charge in [0.2, 0.25) is 0 Å². The molecule has 1 saturated heterocycles. The lowest BCUT2D eigenvalue weighted by Crippen LogP contribution is -2.19. The molecule has 0 spiro atoms. The summed E-state index contributed by atoms with van der Waals surface area (Å²) in [6.07, 6.45) is 3.18. The van der Waals surface area contributed by atoms with Gasteiger partial charge in [-0.2, -0.15) is 0 Å². The van der Waals surface area contributed by atoms with Gasteiger partial charge in [0, 0.05) is 30.8 Å². The van der Waals surface area contributed by atoms with Gasteiger partial charge in [-0.1, -0.05) is 26.0 Å². The van der Waals surface area contributed by atoms with Crippen LogP contribution >= 0.6 is 0 Å². The number of anilines is 1. The summed E-state index contributed by atoms with van der Waals surface area (Å²) in [6, 6.07) is 6.15. The Bertz CT molecular complexity index is 431. The summed E-state index contributed by atoms with van der Waals surface area (Å²) in [5.74, 6) is 0.694. The number of carbonyl (C=O) groups excluding carboxylic acids is 1. The molecule has 1 aromatic rings. The second-order valence-electron chi connectivity index (χ2n) is 5.72. The number of rotatable bonds is 4. The zero-order chi connectivity index (χ0) is 13.1. The van der Waals surface area contributed by atoms with Crippen molar-refractivity contribution >= 4 is 11.5 Å². The Morgan fingerprint density at radius 1 is 1.28 bits per heavy atom. The highest BCUT2D eigenvalue weighted by molar-refractivity contribution is 5.97. The van der Waals surface area contributed by atoms with Gasteiger partial charge in [0.25, 0.3) is 0 Å². The zero-order valence-corrected chi connectivity index (χ0v) is 11.7. The highest BCUT2D eigenvalue weighted by atomic mass is 16.1. The molecule has 2 heteroatoms. The van der Waals surface area contributed by atoms with Crippen molar-refractivity contribution in [1.82, 2.24) is 0 Å². The van der Waals surface area contributed by atoms with Crippen molar-refractivity contribution in [1.29, 1.82) is 0 Å². The van der Waals surface area contributed by atoms with Crippen LogP contribution in [0.4, 0.5) is 5.69 Å². The van der Waals surface area contributed by atoms with Gasteiger partial charge in [0.1, 0.15) is 0 Å². The number of benzene rings is 1. The summed E-state index contributed by atoms with van der Waals surface area (Å²) >= 11 is 0. The highest BCUT2D eigenvalue weighted by Gasteiger charge is 2.16.